The fourth-order valence-corrected chi connectivity index (χ4v) is 16.4. The van der Waals surface area contributed by atoms with Crippen molar-refractivity contribution in [2.75, 3.05) is 52.4 Å². The lowest BCUT2D eigenvalue weighted by molar-refractivity contribution is 0.0496. The van der Waals surface area contributed by atoms with Crippen molar-refractivity contribution in [1.82, 2.24) is 29.9 Å². The molecule has 3 heterocycles. The van der Waals surface area contributed by atoms with E-state index in [1.165, 1.54) is 209 Å². The first kappa shape index (κ1) is 103. The van der Waals surface area contributed by atoms with Gasteiger partial charge < -0.3 is 42.9 Å². The molecule has 0 saturated heterocycles. The van der Waals surface area contributed by atoms with Crippen LogP contribution in [0.3, 0.4) is 0 Å². The summed E-state index contributed by atoms with van der Waals surface area (Å²) >= 11 is 0. The molecule has 7 rings (SSSR count). The molecular weight excluding hydrogens is 1550 g/mol. The van der Waals surface area contributed by atoms with Crippen molar-refractivity contribution >= 4 is 13.6 Å². The molecule has 18 heteroatoms. The molecule has 0 radical (unpaired) electrons. The predicted octanol–water partition coefficient (Wildman–Crippen LogP) is 29.5. The smallest absolute Gasteiger partial charge is 0.338 e. The van der Waals surface area contributed by atoms with Crippen LogP contribution in [0.1, 0.15) is 395 Å². The Kier molecular flexibility index (Phi) is 56.6. The highest BCUT2D eigenvalue weighted by Crippen LogP contribution is 2.41. The van der Waals surface area contributed by atoms with Crippen LogP contribution in [0.5, 0.6) is 34.5 Å². The van der Waals surface area contributed by atoms with Crippen molar-refractivity contribution in [2.45, 2.75) is 387 Å². The number of nitrogens with zero attached hydrogens (tertiary/aromatic N) is 6. The molecule has 0 saturated carbocycles. The van der Waals surface area contributed by atoms with Gasteiger partial charge in [0.1, 0.15) is 17.2 Å². The monoisotopic (exact) mass is 1710 g/mol. The van der Waals surface area contributed by atoms with Crippen LogP contribution in [0.15, 0.2) is 122 Å². The Labute approximate surface area is 743 Å². The van der Waals surface area contributed by atoms with Crippen molar-refractivity contribution < 1.29 is 52.3 Å². The Bertz CT molecular complexity index is 3620. The van der Waals surface area contributed by atoms with Crippen molar-refractivity contribution in [3.05, 3.63) is 144 Å². The highest BCUT2D eigenvalue weighted by Gasteiger charge is 2.21. The summed E-state index contributed by atoms with van der Waals surface area (Å²) in [5.74, 6) is 6.18. The first-order valence-corrected chi connectivity index (χ1v) is 51.3. The minimum atomic E-state index is -3.92. The molecule has 17 nitrogen and oxygen atoms in total. The highest BCUT2D eigenvalue weighted by molar-refractivity contribution is 7.51. The maximum absolute atomic E-state index is 14.0. The molecule has 0 aliphatic carbocycles. The number of unbranched alkanes of at least 4 members (excludes halogenated alkanes) is 47. The van der Waals surface area contributed by atoms with E-state index in [-0.39, 0.29) is 12.1 Å². The standard InChI is InChI=1S/C105H161N6O11P/c1-4-7-10-13-36-47-58-89-83-106-102(107-84-89)92-61-67-96(68-62-92)116-73-50-39-28-20-16-23-31-42-53-76-119-99-81-95(105(112)122-79-56-45-34-26-19-27-35-46-57-80-123(113,114)115)82-100(120-77-54-43-32-24-17-21-29-40-51-74-117-97-69-63-93(64-70-97)103-108-85-90(86-109-103)59-48-37-14-11-8-5-2)101(99)121-78-55-44-33-25-18-22-30-41-52-75-118-98-71-65-94(66-72-98)104-110-87-91(88-111-104)60-49-38-15-12-9-6-3/h61-72,81-88H,4-60,73-80H2,1-3H3,(H2,113,114,115). The van der Waals surface area contributed by atoms with E-state index in [9.17, 15) is 19.1 Å². The van der Waals surface area contributed by atoms with Crippen LogP contribution in [0, 0.1) is 0 Å². The van der Waals surface area contributed by atoms with Crippen LogP contribution >= 0.6 is 7.60 Å². The lowest BCUT2D eigenvalue weighted by Crippen LogP contribution is -2.11. The molecule has 0 aliphatic rings. The van der Waals surface area contributed by atoms with Crippen LogP contribution in [0.25, 0.3) is 34.2 Å². The van der Waals surface area contributed by atoms with Crippen LogP contribution in [0.4, 0.5) is 0 Å². The molecule has 3 aromatic heterocycles. The number of aromatic nitrogens is 6. The Hall–Kier alpha value is -7.46. The normalized spacial score (nSPS) is 11.5. The number of esters is 1. The topological polar surface area (TPSA) is 217 Å². The maximum Gasteiger partial charge on any atom is 0.338 e. The molecule has 0 amide bonds. The van der Waals surface area contributed by atoms with Crippen molar-refractivity contribution in [3.63, 3.8) is 0 Å². The predicted molar refractivity (Wildman–Crippen MR) is 506 cm³/mol. The molecule has 123 heavy (non-hydrogen) atoms. The first-order chi connectivity index (χ1) is 60.6. The second kappa shape index (κ2) is 67.8. The third-order valence-corrected chi connectivity index (χ3v) is 24.3. The van der Waals surface area contributed by atoms with Crippen molar-refractivity contribution in [3.8, 4) is 68.7 Å². The molecular formula is C105H161N6O11P. The van der Waals surface area contributed by atoms with Gasteiger partial charge in [-0.05, 0) is 192 Å². The van der Waals surface area contributed by atoms with Gasteiger partial charge in [0, 0.05) is 60.0 Å². The van der Waals surface area contributed by atoms with Crippen LogP contribution in [-0.2, 0) is 28.6 Å². The number of benzene rings is 4. The zero-order valence-corrected chi connectivity index (χ0v) is 77.6. The summed E-state index contributed by atoms with van der Waals surface area (Å²) in [6.45, 7) is 10.8. The van der Waals surface area contributed by atoms with Gasteiger partial charge in [-0.2, -0.15) is 0 Å². The van der Waals surface area contributed by atoms with Gasteiger partial charge in [0.15, 0.2) is 29.0 Å². The minimum Gasteiger partial charge on any atom is -0.494 e. The Morgan fingerprint density at radius 3 is 0.772 bits per heavy atom. The van der Waals surface area contributed by atoms with E-state index in [1.807, 2.05) is 85.7 Å². The summed E-state index contributed by atoms with van der Waals surface area (Å²) in [7, 11) is -3.92. The van der Waals surface area contributed by atoms with Gasteiger partial charge in [0.2, 0.25) is 5.75 Å². The first-order valence-electron chi connectivity index (χ1n) is 49.5. The van der Waals surface area contributed by atoms with E-state index in [4.69, 9.17) is 33.2 Å². The molecule has 0 unspecified atom stereocenters. The number of aryl methyl sites for hydroxylation is 3. The van der Waals surface area contributed by atoms with Gasteiger partial charge in [0.25, 0.3) is 0 Å². The van der Waals surface area contributed by atoms with E-state index in [2.05, 4.69) is 87.1 Å². The quantitative estimate of drug-likeness (QED) is 0.0206. The molecule has 0 spiro atoms. The summed E-state index contributed by atoms with van der Waals surface area (Å²) in [6, 6.07) is 28.2. The van der Waals surface area contributed by atoms with E-state index < -0.39 is 7.60 Å². The molecule has 0 atom stereocenters. The third-order valence-electron chi connectivity index (χ3n) is 23.4. The number of hydrogen-bond donors (Lipinski definition) is 2. The molecule has 4 aromatic carbocycles. The van der Waals surface area contributed by atoms with Gasteiger partial charge >= 0.3 is 13.6 Å². The molecule has 0 fully saturated rings. The average Bonchev–Trinajstić information content (AvgIpc) is 0.811. The SMILES string of the molecule is CCCCCCCCc1cnc(-c2ccc(OCCCCCCCCCCCOc3cc(C(=O)OCCCCCCCCCCCP(=O)(O)O)cc(OCCCCCCCCCCCOc4ccc(-c5ncc(CCCCCCCC)cn5)cc4)c3OCCCCCCCCCCCOc3ccc(-c4ncc(CCCCCCCC)cn4)cc3)cc2)nc1. The van der Waals surface area contributed by atoms with Gasteiger partial charge in [-0.3, -0.25) is 4.57 Å². The fourth-order valence-electron chi connectivity index (χ4n) is 15.7. The summed E-state index contributed by atoms with van der Waals surface area (Å²) in [5.41, 5.74) is 7.06. The summed E-state index contributed by atoms with van der Waals surface area (Å²) in [5, 5.41) is 0. The molecule has 0 aliphatic heterocycles. The Balaban J connectivity index is 0.827. The second-order valence-corrected chi connectivity index (χ2v) is 36.3. The van der Waals surface area contributed by atoms with Crippen LogP contribution < -0.4 is 28.4 Å². The van der Waals surface area contributed by atoms with E-state index in [0.717, 1.165) is 218 Å². The highest BCUT2D eigenvalue weighted by atomic mass is 31.2. The van der Waals surface area contributed by atoms with Gasteiger partial charge in [-0.25, -0.2) is 34.7 Å². The number of ether oxygens (including phenoxy) is 7. The van der Waals surface area contributed by atoms with Crippen LogP contribution in [-0.4, -0.2) is 98.1 Å². The largest absolute Gasteiger partial charge is 0.494 e. The van der Waals surface area contributed by atoms with Crippen molar-refractivity contribution in [2.24, 2.45) is 0 Å². The average molecular weight is 1710 g/mol. The van der Waals surface area contributed by atoms with E-state index in [1.54, 1.807) is 0 Å². The van der Waals surface area contributed by atoms with E-state index in [0.29, 0.717) is 75.5 Å². The van der Waals surface area contributed by atoms with Gasteiger partial charge in [-0.15, -0.1) is 0 Å². The maximum atomic E-state index is 14.0. The van der Waals surface area contributed by atoms with Crippen molar-refractivity contribution in [1.29, 1.82) is 0 Å². The van der Waals surface area contributed by atoms with Crippen LogP contribution in [0.2, 0.25) is 0 Å². The summed E-state index contributed by atoms with van der Waals surface area (Å²) in [4.78, 5) is 60.4. The molecule has 7 aromatic rings. The zero-order chi connectivity index (χ0) is 86.6. The Morgan fingerprint density at radius 1 is 0.276 bits per heavy atom. The number of hydrogen-bond acceptors (Lipinski definition) is 15. The summed E-state index contributed by atoms with van der Waals surface area (Å²) in [6.07, 6.45) is 76.8. The van der Waals surface area contributed by atoms with E-state index >= 15 is 0 Å². The summed E-state index contributed by atoms with van der Waals surface area (Å²) < 4.78 is 55.6. The third kappa shape index (κ3) is 48.7. The molecule has 682 valence electrons. The Morgan fingerprint density at radius 2 is 0.504 bits per heavy atom. The lowest BCUT2D eigenvalue weighted by atomic mass is 10.1. The molecule has 2 N–H and O–H groups in total. The number of carbonyl (C=O) groups is 1. The number of rotatable bonds is 79. The zero-order valence-electron chi connectivity index (χ0n) is 76.7. The minimum absolute atomic E-state index is 0.0325. The van der Waals surface area contributed by atoms with Gasteiger partial charge in [-0.1, -0.05) is 297 Å². The fraction of sp³-hybridized carbons (Fsp3) is 0.648. The molecule has 0 bridgehead atoms. The second-order valence-electron chi connectivity index (χ2n) is 34.5. The van der Waals surface area contributed by atoms with Gasteiger partial charge in [0.05, 0.1) is 51.8 Å². The number of carbonyl (C=O) groups excluding carboxylic acids is 1. The lowest BCUT2D eigenvalue weighted by Gasteiger charge is -2.19.